The van der Waals surface area contributed by atoms with E-state index in [1.54, 1.807) is 12.1 Å². The van der Waals surface area contributed by atoms with E-state index in [9.17, 15) is 14.0 Å². The van der Waals surface area contributed by atoms with Crippen LogP contribution >= 0.6 is 11.3 Å². The van der Waals surface area contributed by atoms with Gasteiger partial charge in [-0.05, 0) is 61.2 Å². The van der Waals surface area contributed by atoms with Crippen LogP contribution in [0.2, 0.25) is 0 Å². The van der Waals surface area contributed by atoms with E-state index in [1.807, 2.05) is 24.3 Å². The van der Waals surface area contributed by atoms with E-state index in [4.69, 9.17) is 0 Å². The molecular formula is C25H24FN5O2S. The van der Waals surface area contributed by atoms with Gasteiger partial charge in [-0.25, -0.2) is 14.1 Å². The number of aryl methyl sites for hydroxylation is 1. The summed E-state index contributed by atoms with van der Waals surface area (Å²) in [5.74, 6) is -0.720. The summed E-state index contributed by atoms with van der Waals surface area (Å²) >= 11 is 1.41. The Bertz CT molecular complexity index is 1390. The van der Waals surface area contributed by atoms with Crippen LogP contribution in [0.15, 0.2) is 53.3 Å². The molecule has 5 rings (SSSR count). The first kappa shape index (κ1) is 22.2. The van der Waals surface area contributed by atoms with Gasteiger partial charge in [0.25, 0.3) is 5.56 Å². The normalized spacial score (nSPS) is 13.5. The third kappa shape index (κ3) is 4.43. The third-order valence-corrected chi connectivity index (χ3v) is 7.05. The molecular weight excluding hydrogens is 453 g/mol. The Morgan fingerprint density at radius 1 is 1.09 bits per heavy atom. The van der Waals surface area contributed by atoms with Crippen molar-refractivity contribution in [1.82, 2.24) is 14.8 Å². The van der Waals surface area contributed by atoms with Crippen LogP contribution < -0.4 is 15.8 Å². The molecule has 0 unspecified atom stereocenters. The highest BCUT2D eigenvalue weighted by atomic mass is 32.1. The fourth-order valence-corrected chi connectivity index (χ4v) is 5.17. The maximum Gasteiger partial charge on any atom is 0.294 e. The summed E-state index contributed by atoms with van der Waals surface area (Å²) in [4.78, 5) is 32.8. The van der Waals surface area contributed by atoms with Gasteiger partial charge < -0.3 is 10.2 Å². The number of fused-ring (bicyclic) bond motifs is 1. The average Bonchev–Trinajstić information content (AvgIpc) is 3.52. The zero-order valence-corrected chi connectivity index (χ0v) is 19.6. The van der Waals surface area contributed by atoms with Crippen molar-refractivity contribution in [2.75, 3.05) is 23.3 Å². The molecule has 4 aromatic rings. The highest BCUT2D eigenvalue weighted by Gasteiger charge is 2.22. The molecule has 0 spiro atoms. The molecule has 3 heterocycles. The van der Waals surface area contributed by atoms with Crippen molar-refractivity contribution in [1.29, 1.82) is 0 Å². The van der Waals surface area contributed by atoms with Gasteiger partial charge in [-0.2, -0.15) is 5.10 Å². The van der Waals surface area contributed by atoms with Gasteiger partial charge in [-0.1, -0.05) is 30.4 Å². The monoisotopic (exact) mass is 477 g/mol. The molecule has 7 nitrogen and oxygen atoms in total. The molecule has 0 atom stereocenters. The van der Waals surface area contributed by atoms with Gasteiger partial charge in [0.2, 0.25) is 5.91 Å². The van der Waals surface area contributed by atoms with Gasteiger partial charge >= 0.3 is 0 Å². The van der Waals surface area contributed by atoms with Crippen molar-refractivity contribution >= 4 is 38.3 Å². The van der Waals surface area contributed by atoms with Gasteiger partial charge in [0.15, 0.2) is 10.6 Å². The number of anilines is 2. The molecule has 0 radical (unpaired) electrons. The summed E-state index contributed by atoms with van der Waals surface area (Å²) in [6.45, 7) is 3.60. The van der Waals surface area contributed by atoms with E-state index in [-0.39, 0.29) is 23.8 Å². The first-order valence-corrected chi connectivity index (χ1v) is 12.1. The standard InChI is InChI=1S/C25H24FN5O2S/c1-2-16-5-11-19(12-6-16)27-20(32)15-31-24(33)22-23(34-25(28-22)30-13-3-4-14-30)21(29-31)17-7-9-18(26)10-8-17/h5-12H,2-4,13-15H2,1H3,(H,27,32). The number of amides is 1. The number of nitrogens with one attached hydrogen (secondary N) is 1. The minimum Gasteiger partial charge on any atom is -0.348 e. The number of benzene rings is 2. The molecule has 1 amide bonds. The number of aromatic nitrogens is 3. The van der Waals surface area contributed by atoms with Crippen LogP contribution in [0.1, 0.15) is 25.3 Å². The highest BCUT2D eigenvalue weighted by molar-refractivity contribution is 7.22. The van der Waals surface area contributed by atoms with Crippen LogP contribution in [-0.4, -0.2) is 33.8 Å². The van der Waals surface area contributed by atoms with Crippen molar-refractivity contribution in [2.45, 2.75) is 32.7 Å². The second kappa shape index (κ2) is 9.34. The van der Waals surface area contributed by atoms with E-state index in [0.29, 0.717) is 21.6 Å². The van der Waals surface area contributed by atoms with Crippen LogP contribution in [0.5, 0.6) is 0 Å². The fraction of sp³-hybridized carbons (Fsp3) is 0.280. The largest absolute Gasteiger partial charge is 0.348 e. The molecule has 0 bridgehead atoms. The maximum atomic E-state index is 13.5. The molecule has 2 aromatic carbocycles. The summed E-state index contributed by atoms with van der Waals surface area (Å²) in [5.41, 5.74) is 2.85. The lowest BCUT2D eigenvalue weighted by Crippen LogP contribution is -2.30. The Kier molecular flexibility index (Phi) is 6.10. The smallest absolute Gasteiger partial charge is 0.294 e. The van der Waals surface area contributed by atoms with Gasteiger partial charge in [0.05, 0.1) is 4.70 Å². The van der Waals surface area contributed by atoms with Crippen LogP contribution in [0.25, 0.3) is 21.5 Å². The zero-order chi connectivity index (χ0) is 23.7. The number of hydrogen-bond acceptors (Lipinski definition) is 6. The Hall–Kier alpha value is -3.59. The molecule has 1 saturated heterocycles. The number of rotatable bonds is 6. The van der Waals surface area contributed by atoms with E-state index in [2.05, 4.69) is 27.2 Å². The predicted molar refractivity (Wildman–Crippen MR) is 133 cm³/mol. The Morgan fingerprint density at radius 3 is 2.47 bits per heavy atom. The summed E-state index contributed by atoms with van der Waals surface area (Å²) < 4.78 is 15.3. The Labute approximate surface area is 199 Å². The zero-order valence-electron chi connectivity index (χ0n) is 18.8. The van der Waals surface area contributed by atoms with Crippen molar-refractivity contribution < 1.29 is 9.18 Å². The van der Waals surface area contributed by atoms with Crippen LogP contribution in [-0.2, 0) is 17.8 Å². The number of nitrogens with zero attached hydrogens (tertiary/aromatic N) is 4. The lowest BCUT2D eigenvalue weighted by Gasteiger charge is -2.11. The molecule has 2 aromatic heterocycles. The minimum absolute atomic E-state index is 0.255. The van der Waals surface area contributed by atoms with Crippen molar-refractivity contribution in [3.63, 3.8) is 0 Å². The number of carbonyl (C=O) groups excluding carboxylic acids is 1. The topological polar surface area (TPSA) is 80.1 Å². The second-order valence-corrected chi connectivity index (χ2v) is 9.26. The van der Waals surface area contributed by atoms with E-state index >= 15 is 0 Å². The first-order chi connectivity index (χ1) is 16.5. The number of halogens is 1. The predicted octanol–water partition coefficient (Wildman–Crippen LogP) is 4.46. The SMILES string of the molecule is CCc1ccc(NC(=O)Cn2nc(-c3ccc(F)cc3)c3sc(N4CCCC4)nc3c2=O)cc1. The summed E-state index contributed by atoms with van der Waals surface area (Å²) in [7, 11) is 0. The highest BCUT2D eigenvalue weighted by Crippen LogP contribution is 2.35. The van der Waals surface area contributed by atoms with E-state index in [1.165, 1.54) is 29.0 Å². The number of thiazole rings is 1. The van der Waals surface area contributed by atoms with Crippen molar-refractivity contribution in [3.05, 3.63) is 70.3 Å². The molecule has 1 fully saturated rings. The molecule has 1 N–H and O–H groups in total. The maximum absolute atomic E-state index is 13.5. The fourth-order valence-electron chi connectivity index (χ4n) is 4.06. The second-order valence-electron chi connectivity index (χ2n) is 8.29. The van der Waals surface area contributed by atoms with Gasteiger partial charge in [-0.15, -0.1) is 0 Å². The average molecular weight is 478 g/mol. The van der Waals surface area contributed by atoms with Crippen LogP contribution in [0.4, 0.5) is 15.2 Å². The quantitative estimate of drug-likeness (QED) is 0.444. The molecule has 174 valence electrons. The molecule has 34 heavy (non-hydrogen) atoms. The van der Waals surface area contributed by atoms with E-state index in [0.717, 1.165) is 42.2 Å². The lowest BCUT2D eigenvalue weighted by molar-refractivity contribution is -0.117. The van der Waals surface area contributed by atoms with Crippen LogP contribution in [0.3, 0.4) is 0 Å². The van der Waals surface area contributed by atoms with Crippen molar-refractivity contribution in [2.24, 2.45) is 0 Å². The van der Waals surface area contributed by atoms with E-state index < -0.39 is 5.56 Å². The first-order valence-electron chi connectivity index (χ1n) is 11.3. The van der Waals surface area contributed by atoms with Gasteiger partial charge in [0, 0.05) is 24.3 Å². The summed E-state index contributed by atoms with van der Waals surface area (Å²) in [5, 5.41) is 8.11. The molecule has 1 aliphatic heterocycles. The third-order valence-electron chi connectivity index (χ3n) is 5.92. The van der Waals surface area contributed by atoms with Gasteiger partial charge in [0.1, 0.15) is 18.1 Å². The molecule has 0 aliphatic carbocycles. The van der Waals surface area contributed by atoms with Gasteiger partial charge in [-0.3, -0.25) is 9.59 Å². The Balaban J connectivity index is 1.52. The van der Waals surface area contributed by atoms with Crippen molar-refractivity contribution in [3.8, 4) is 11.3 Å². The summed E-state index contributed by atoms with van der Waals surface area (Å²) in [6.07, 6.45) is 3.08. The lowest BCUT2D eigenvalue weighted by atomic mass is 10.1. The Morgan fingerprint density at radius 2 is 1.79 bits per heavy atom. The molecule has 0 saturated carbocycles. The van der Waals surface area contributed by atoms with Crippen LogP contribution in [0, 0.1) is 5.82 Å². The minimum atomic E-state index is -0.418. The summed E-state index contributed by atoms with van der Waals surface area (Å²) in [6, 6.07) is 13.5. The number of carbonyl (C=O) groups is 1. The molecule has 1 aliphatic rings. The molecule has 9 heteroatoms. The number of hydrogen-bond donors (Lipinski definition) is 1.